The minimum absolute atomic E-state index is 0.148. The lowest BCUT2D eigenvalue weighted by molar-refractivity contribution is -0.394. The maximum atomic E-state index is 12.5. The summed E-state index contributed by atoms with van der Waals surface area (Å²) in [5, 5.41) is 33.9. The average Bonchev–Trinajstić information content (AvgIpc) is 3.37. The van der Waals surface area contributed by atoms with Gasteiger partial charge in [0.25, 0.3) is 17.3 Å². The van der Waals surface area contributed by atoms with Crippen molar-refractivity contribution in [1.82, 2.24) is 5.32 Å². The zero-order valence-corrected chi connectivity index (χ0v) is 13.7. The largest absolute Gasteiger partial charge is 0.479 e. The lowest BCUT2D eigenvalue weighted by Gasteiger charge is -2.15. The molecule has 1 aliphatic carbocycles. The summed E-state index contributed by atoms with van der Waals surface area (Å²) in [5.41, 5.74) is -2.44. The van der Waals surface area contributed by atoms with E-state index < -0.39 is 44.6 Å². The van der Waals surface area contributed by atoms with Crippen molar-refractivity contribution in [2.24, 2.45) is 0 Å². The minimum Gasteiger partial charge on any atom is -0.479 e. The first-order chi connectivity index (χ1) is 12.7. The maximum absolute atomic E-state index is 12.5. The van der Waals surface area contributed by atoms with Crippen molar-refractivity contribution >= 4 is 23.3 Å². The number of carbonyl (C=O) groups is 2. The predicted octanol–water partition coefficient (Wildman–Crippen LogP) is 2.24. The van der Waals surface area contributed by atoms with Crippen molar-refractivity contribution in [3.05, 3.63) is 79.9 Å². The van der Waals surface area contributed by atoms with Crippen LogP contribution in [0.5, 0.6) is 0 Å². The number of hydrogen-bond donors (Lipinski definition) is 2. The first-order valence-electron chi connectivity index (χ1n) is 7.79. The topological polar surface area (TPSA) is 153 Å². The third-order valence-electron chi connectivity index (χ3n) is 4.47. The van der Waals surface area contributed by atoms with E-state index in [-0.39, 0.29) is 12.0 Å². The number of nitrogens with zero attached hydrogens (tertiary/aromatic N) is 2. The van der Waals surface area contributed by atoms with E-state index in [4.69, 9.17) is 0 Å². The van der Waals surface area contributed by atoms with Crippen molar-refractivity contribution in [3.8, 4) is 0 Å². The molecule has 0 heterocycles. The molecule has 27 heavy (non-hydrogen) atoms. The fraction of sp³-hybridized carbons (Fsp3) is 0.176. The van der Waals surface area contributed by atoms with Crippen molar-refractivity contribution in [2.75, 3.05) is 0 Å². The summed E-state index contributed by atoms with van der Waals surface area (Å²) in [6, 6.07) is 11.2. The van der Waals surface area contributed by atoms with Gasteiger partial charge < -0.3 is 10.4 Å². The molecule has 0 aliphatic heterocycles. The van der Waals surface area contributed by atoms with Gasteiger partial charge in [0.05, 0.1) is 21.5 Å². The van der Waals surface area contributed by atoms with Crippen LogP contribution in [0, 0.1) is 20.2 Å². The number of carboxylic acids is 1. The highest BCUT2D eigenvalue weighted by molar-refractivity contribution is 6.00. The standard InChI is InChI=1S/C17H13N3O7/c21-15(11-6-12(19(24)25)8-13(7-11)20(26)27)18-17(16(22)23)9-14(17)10-4-2-1-3-5-10/h1-8,14H,9H2,(H,18,21)(H,22,23). The van der Waals surface area contributed by atoms with E-state index in [2.05, 4.69) is 5.32 Å². The van der Waals surface area contributed by atoms with Gasteiger partial charge in [-0.05, 0) is 12.0 Å². The van der Waals surface area contributed by atoms with Gasteiger partial charge in [0.2, 0.25) is 0 Å². The number of hydrogen-bond acceptors (Lipinski definition) is 6. The van der Waals surface area contributed by atoms with E-state index in [1.807, 2.05) is 0 Å². The third kappa shape index (κ3) is 3.32. The van der Waals surface area contributed by atoms with E-state index in [9.17, 15) is 34.9 Å². The Hall–Kier alpha value is -3.82. The Kier molecular flexibility index (Phi) is 4.32. The fourth-order valence-electron chi connectivity index (χ4n) is 2.99. The van der Waals surface area contributed by atoms with E-state index in [0.717, 1.165) is 23.8 Å². The molecule has 0 bridgehead atoms. The SMILES string of the molecule is O=C(NC1(C(=O)O)CC1c1ccccc1)c1cc([N+](=O)[O-])cc([N+](=O)[O-])c1. The van der Waals surface area contributed by atoms with Crippen LogP contribution < -0.4 is 5.32 Å². The molecule has 0 saturated heterocycles. The number of nitro benzene ring substituents is 2. The quantitative estimate of drug-likeness (QED) is 0.583. The molecule has 0 radical (unpaired) electrons. The summed E-state index contributed by atoms with van der Waals surface area (Å²) in [5.74, 6) is -2.64. The number of carboxylic acid groups (broad SMARTS) is 1. The summed E-state index contributed by atoms with van der Waals surface area (Å²) >= 11 is 0. The molecular formula is C17H13N3O7. The first-order valence-corrected chi connectivity index (χ1v) is 7.79. The number of nitro groups is 2. The molecule has 1 aliphatic rings. The van der Waals surface area contributed by atoms with Crippen LogP contribution in [0.3, 0.4) is 0 Å². The van der Waals surface area contributed by atoms with Gasteiger partial charge >= 0.3 is 5.97 Å². The molecule has 0 spiro atoms. The summed E-state index contributed by atoms with van der Waals surface area (Å²) in [6.45, 7) is 0. The van der Waals surface area contributed by atoms with Crippen molar-refractivity contribution in [1.29, 1.82) is 0 Å². The predicted molar refractivity (Wildman–Crippen MR) is 91.4 cm³/mol. The van der Waals surface area contributed by atoms with Gasteiger partial charge in [-0.3, -0.25) is 25.0 Å². The molecule has 2 atom stereocenters. The van der Waals surface area contributed by atoms with Crippen LogP contribution >= 0.6 is 0 Å². The Bertz CT molecular complexity index is 928. The van der Waals surface area contributed by atoms with Gasteiger partial charge in [-0.1, -0.05) is 30.3 Å². The Morgan fingerprint density at radius 2 is 1.59 bits per heavy atom. The number of non-ortho nitro benzene ring substituents is 2. The monoisotopic (exact) mass is 371 g/mol. The second kappa shape index (κ2) is 6.48. The molecule has 1 amide bonds. The van der Waals surface area contributed by atoms with Crippen LogP contribution in [0.4, 0.5) is 11.4 Å². The second-order valence-electron chi connectivity index (χ2n) is 6.15. The molecule has 0 aromatic heterocycles. The lowest BCUT2D eigenvalue weighted by atomic mass is 10.1. The molecule has 1 fully saturated rings. The van der Waals surface area contributed by atoms with Gasteiger partial charge in [0.1, 0.15) is 5.54 Å². The molecular weight excluding hydrogens is 358 g/mol. The van der Waals surface area contributed by atoms with E-state index in [1.165, 1.54) is 0 Å². The number of rotatable bonds is 6. The fourth-order valence-corrected chi connectivity index (χ4v) is 2.99. The molecule has 1 saturated carbocycles. The van der Waals surface area contributed by atoms with Gasteiger partial charge in [0, 0.05) is 18.1 Å². The van der Waals surface area contributed by atoms with Crippen molar-refractivity contribution < 1.29 is 24.5 Å². The number of benzene rings is 2. The number of carbonyl (C=O) groups excluding carboxylic acids is 1. The van der Waals surface area contributed by atoms with Gasteiger partial charge in [-0.2, -0.15) is 0 Å². The summed E-state index contributed by atoms with van der Waals surface area (Å²) in [4.78, 5) is 44.4. The van der Waals surface area contributed by atoms with Gasteiger partial charge in [0.15, 0.2) is 0 Å². The molecule has 10 nitrogen and oxygen atoms in total. The van der Waals surface area contributed by atoms with Crippen LogP contribution in [-0.2, 0) is 4.79 Å². The highest BCUT2D eigenvalue weighted by Crippen LogP contribution is 2.51. The lowest BCUT2D eigenvalue weighted by Crippen LogP contribution is -2.44. The summed E-state index contributed by atoms with van der Waals surface area (Å²) in [6.07, 6.45) is 0.148. The Morgan fingerprint density at radius 3 is 2.07 bits per heavy atom. The molecule has 2 unspecified atom stereocenters. The van der Waals surface area contributed by atoms with Crippen LogP contribution in [0.15, 0.2) is 48.5 Å². The molecule has 138 valence electrons. The van der Waals surface area contributed by atoms with Crippen molar-refractivity contribution in [3.63, 3.8) is 0 Å². The zero-order valence-electron chi connectivity index (χ0n) is 13.7. The smallest absolute Gasteiger partial charge is 0.330 e. The second-order valence-corrected chi connectivity index (χ2v) is 6.15. The number of nitrogens with one attached hydrogen (secondary N) is 1. The molecule has 2 aromatic carbocycles. The van der Waals surface area contributed by atoms with E-state index in [1.54, 1.807) is 30.3 Å². The number of amides is 1. The first kappa shape index (κ1) is 18.0. The Labute approximate surface area is 151 Å². The highest BCUT2D eigenvalue weighted by Gasteiger charge is 2.62. The minimum atomic E-state index is -1.56. The van der Waals surface area contributed by atoms with Crippen LogP contribution in [-0.4, -0.2) is 32.4 Å². The summed E-state index contributed by atoms with van der Waals surface area (Å²) < 4.78 is 0. The van der Waals surface area contributed by atoms with Crippen LogP contribution in [0.1, 0.15) is 28.3 Å². The van der Waals surface area contributed by atoms with Crippen molar-refractivity contribution in [2.45, 2.75) is 17.9 Å². The van der Waals surface area contributed by atoms with Gasteiger partial charge in [-0.25, -0.2) is 4.79 Å². The molecule has 2 N–H and O–H groups in total. The van der Waals surface area contributed by atoms with Crippen LogP contribution in [0.25, 0.3) is 0 Å². The zero-order chi connectivity index (χ0) is 19.8. The van der Waals surface area contributed by atoms with E-state index >= 15 is 0 Å². The van der Waals surface area contributed by atoms with E-state index in [0.29, 0.717) is 0 Å². The maximum Gasteiger partial charge on any atom is 0.330 e. The molecule has 2 aromatic rings. The van der Waals surface area contributed by atoms with Gasteiger partial charge in [-0.15, -0.1) is 0 Å². The van der Waals surface area contributed by atoms with Crippen LogP contribution in [0.2, 0.25) is 0 Å². The normalized spacial score (nSPS) is 20.5. The number of aliphatic carboxylic acids is 1. The average molecular weight is 371 g/mol. The molecule has 10 heteroatoms. The third-order valence-corrected chi connectivity index (χ3v) is 4.47. The molecule has 3 rings (SSSR count). The Balaban J connectivity index is 1.91. The highest BCUT2D eigenvalue weighted by atomic mass is 16.6. The Morgan fingerprint density at radius 1 is 1.04 bits per heavy atom. The summed E-state index contributed by atoms with van der Waals surface area (Å²) in [7, 11) is 0.